The number of hydrogen-bond acceptors (Lipinski definition) is 6. The molecule has 2 aliphatic rings. The van der Waals surface area contributed by atoms with Crippen molar-refractivity contribution in [2.75, 3.05) is 0 Å². The molecule has 3 aromatic rings. The van der Waals surface area contributed by atoms with Crippen molar-refractivity contribution in [2.24, 2.45) is 0 Å². The van der Waals surface area contributed by atoms with Crippen LogP contribution in [0.25, 0.3) is 22.3 Å². The third-order valence-corrected chi connectivity index (χ3v) is 6.61. The normalized spacial score (nSPS) is 19.6. The van der Waals surface area contributed by atoms with Gasteiger partial charge >= 0.3 is 5.97 Å². The van der Waals surface area contributed by atoms with Crippen LogP contribution in [0.2, 0.25) is 0 Å². The molecule has 1 aromatic carbocycles. The van der Waals surface area contributed by atoms with Crippen molar-refractivity contribution < 1.29 is 19.7 Å². The molecule has 2 aromatic heterocycles. The summed E-state index contributed by atoms with van der Waals surface area (Å²) in [6.07, 6.45) is 0.987. The first-order valence-electron chi connectivity index (χ1n) is 9.70. The third-order valence-electron chi connectivity index (χ3n) is 6.14. The van der Waals surface area contributed by atoms with Crippen molar-refractivity contribution >= 4 is 29.1 Å². The smallest absolute Gasteiger partial charge is 0.343 e. The van der Waals surface area contributed by atoms with E-state index in [-0.39, 0.29) is 18.8 Å². The second kappa shape index (κ2) is 6.11. The predicted octanol–water partition coefficient (Wildman–Crippen LogP) is 3.72. The highest BCUT2D eigenvalue weighted by atomic mass is 32.1. The van der Waals surface area contributed by atoms with Crippen LogP contribution < -0.4 is 0 Å². The molecule has 0 fully saturated rings. The summed E-state index contributed by atoms with van der Waals surface area (Å²) in [6, 6.07) is 7.03. The molecule has 4 heterocycles. The number of cyclic esters (lactones) is 1. The van der Waals surface area contributed by atoms with E-state index >= 15 is 0 Å². The average Bonchev–Trinajstić information content (AvgIpc) is 3.08. The van der Waals surface area contributed by atoms with Gasteiger partial charge in [0, 0.05) is 22.1 Å². The Kier molecular flexibility index (Phi) is 3.85. The Hall–Kier alpha value is -2.77. The van der Waals surface area contributed by atoms with Gasteiger partial charge < -0.3 is 19.5 Å². The maximum Gasteiger partial charge on any atom is 0.343 e. The lowest BCUT2D eigenvalue weighted by Gasteiger charge is -2.32. The maximum atomic E-state index is 12.3. The fourth-order valence-electron chi connectivity index (χ4n) is 4.55. The number of aliphatic hydroxyl groups is 1. The van der Waals surface area contributed by atoms with Crippen molar-refractivity contribution in [1.29, 1.82) is 0 Å². The number of carbonyl (C=O) groups excluding carboxylic acids is 1. The first-order chi connectivity index (χ1) is 13.9. The number of ether oxygens (including phenoxy) is 1. The molecule has 1 atom stereocenters. The number of pyridine rings is 2. The molecule has 0 bridgehead atoms. The van der Waals surface area contributed by atoms with Gasteiger partial charge in [0.05, 0.1) is 23.4 Å². The molecule has 0 radical (unpaired) electrons. The second-order valence-corrected chi connectivity index (χ2v) is 7.96. The van der Waals surface area contributed by atoms with Crippen molar-refractivity contribution in [3.05, 3.63) is 51.2 Å². The molecule has 0 aliphatic carbocycles. The van der Waals surface area contributed by atoms with Gasteiger partial charge in [-0.3, -0.25) is 0 Å². The van der Waals surface area contributed by atoms with E-state index in [4.69, 9.17) is 21.9 Å². The molecule has 0 amide bonds. The number of phenols is 1. The van der Waals surface area contributed by atoms with E-state index in [1.165, 1.54) is 0 Å². The number of aromatic nitrogens is 2. The minimum atomic E-state index is -1.70. The SMILES string of the molecule is CCc1c2c(nc3ccc(O)cc13)-c1cc3c(c(=S)n1C2)COC(=O)[C@]3(O)CC. The topological polar surface area (TPSA) is 84.6 Å². The third kappa shape index (κ3) is 2.34. The van der Waals surface area contributed by atoms with Crippen LogP contribution in [0.1, 0.15) is 42.5 Å². The molecule has 0 spiro atoms. The van der Waals surface area contributed by atoms with E-state index in [9.17, 15) is 15.0 Å². The molecule has 7 heteroatoms. The summed E-state index contributed by atoms with van der Waals surface area (Å²) in [5, 5.41) is 21.9. The second-order valence-electron chi connectivity index (χ2n) is 7.58. The van der Waals surface area contributed by atoms with E-state index in [1.54, 1.807) is 25.1 Å². The quantitative estimate of drug-likeness (QED) is 0.389. The first kappa shape index (κ1) is 18.3. The monoisotopic (exact) mass is 408 g/mol. The molecule has 0 unspecified atom stereocenters. The predicted molar refractivity (Wildman–Crippen MR) is 110 cm³/mol. The number of nitrogens with zero attached hydrogens (tertiary/aromatic N) is 2. The maximum absolute atomic E-state index is 12.3. The summed E-state index contributed by atoms with van der Waals surface area (Å²) in [5.74, 6) is -0.429. The van der Waals surface area contributed by atoms with E-state index in [2.05, 4.69) is 6.92 Å². The standard InChI is InChI=1S/C22H20N2O4S/c1-3-12-13-7-11(25)5-6-17(13)23-19-14(12)9-24-18(19)8-16-15(20(24)29)10-28-21(26)22(16,27)4-2/h5-8,25,27H,3-4,9-10H2,1-2H3/t22-/m0/s1. The number of phenolic OH excluding ortho intramolecular Hbond substituents is 1. The van der Waals surface area contributed by atoms with Crippen molar-refractivity contribution in [3.8, 4) is 17.1 Å². The van der Waals surface area contributed by atoms with E-state index in [0.717, 1.165) is 39.8 Å². The zero-order chi connectivity index (χ0) is 20.5. The van der Waals surface area contributed by atoms with Crippen LogP contribution in [-0.2, 0) is 34.7 Å². The Morgan fingerprint density at radius 3 is 2.79 bits per heavy atom. The minimum Gasteiger partial charge on any atom is -0.508 e. The number of benzene rings is 1. The van der Waals surface area contributed by atoms with Crippen LogP contribution in [0, 0.1) is 4.64 Å². The Balaban J connectivity index is 1.84. The highest BCUT2D eigenvalue weighted by Gasteiger charge is 2.44. The van der Waals surface area contributed by atoms with Gasteiger partial charge in [-0.2, -0.15) is 0 Å². The van der Waals surface area contributed by atoms with Crippen LogP contribution >= 0.6 is 12.2 Å². The number of aryl methyl sites for hydroxylation is 1. The summed E-state index contributed by atoms with van der Waals surface area (Å²) < 4.78 is 7.80. The van der Waals surface area contributed by atoms with E-state index in [1.807, 2.05) is 10.6 Å². The number of aromatic hydroxyl groups is 1. The lowest BCUT2D eigenvalue weighted by atomic mass is 9.86. The average molecular weight is 408 g/mol. The fraction of sp³-hybridized carbons (Fsp3) is 0.318. The highest BCUT2D eigenvalue weighted by Crippen LogP contribution is 2.42. The number of rotatable bonds is 2. The van der Waals surface area contributed by atoms with Gasteiger partial charge in [0.25, 0.3) is 0 Å². The molecular formula is C22H20N2O4S. The lowest BCUT2D eigenvalue weighted by Crippen LogP contribution is -2.41. The van der Waals surface area contributed by atoms with Gasteiger partial charge in [0.2, 0.25) is 0 Å². The van der Waals surface area contributed by atoms with Gasteiger partial charge in [-0.25, -0.2) is 9.78 Å². The molecule has 148 valence electrons. The van der Waals surface area contributed by atoms with Gasteiger partial charge in [-0.05, 0) is 42.7 Å². The van der Waals surface area contributed by atoms with Gasteiger partial charge in [0.1, 0.15) is 17.0 Å². The van der Waals surface area contributed by atoms with Crippen LogP contribution in [0.3, 0.4) is 0 Å². The molecule has 0 saturated carbocycles. The van der Waals surface area contributed by atoms with Gasteiger partial charge in [-0.1, -0.05) is 26.1 Å². The Morgan fingerprint density at radius 2 is 2.07 bits per heavy atom. The Bertz CT molecular complexity index is 1280. The summed E-state index contributed by atoms with van der Waals surface area (Å²) in [7, 11) is 0. The van der Waals surface area contributed by atoms with Crippen LogP contribution in [-0.4, -0.2) is 25.7 Å². The lowest BCUT2D eigenvalue weighted by molar-refractivity contribution is -0.172. The summed E-state index contributed by atoms with van der Waals surface area (Å²) in [4.78, 5) is 17.2. The van der Waals surface area contributed by atoms with Crippen LogP contribution in [0.4, 0.5) is 0 Å². The molecular weight excluding hydrogens is 388 g/mol. The number of fused-ring (bicyclic) bond motifs is 5. The minimum absolute atomic E-state index is 0.0653. The largest absolute Gasteiger partial charge is 0.508 e. The Morgan fingerprint density at radius 1 is 1.28 bits per heavy atom. The molecule has 6 nitrogen and oxygen atoms in total. The zero-order valence-electron chi connectivity index (χ0n) is 16.2. The van der Waals surface area contributed by atoms with Crippen LogP contribution in [0.5, 0.6) is 5.75 Å². The molecule has 2 aliphatic heterocycles. The van der Waals surface area contributed by atoms with Crippen molar-refractivity contribution in [1.82, 2.24) is 9.55 Å². The first-order valence-corrected chi connectivity index (χ1v) is 10.1. The Labute approximate surface area is 172 Å². The molecule has 5 rings (SSSR count). The molecule has 2 N–H and O–H groups in total. The number of hydrogen-bond donors (Lipinski definition) is 2. The molecule has 29 heavy (non-hydrogen) atoms. The summed E-state index contributed by atoms with van der Waals surface area (Å²) in [6.45, 7) is 4.46. The highest BCUT2D eigenvalue weighted by molar-refractivity contribution is 7.71. The number of esters is 1. The summed E-state index contributed by atoms with van der Waals surface area (Å²) >= 11 is 5.74. The van der Waals surface area contributed by atoms with Gasteiger partial charge in [0.15, 0.2) is 5.60 Å². The van der Waals surface area contributed by atoms with Gasteiger partial charge in [-0.15, -0.1) is 0 Å². The summed E-state index contributed by atoms with van der Waals surface area (Å²) in [5.41, 5.74) is 4.09. The van der Waals surface area contributed by atoms with Crippen molar-refractivity contribution in [2.45, 2.75) is 45.4 Å². The fourth-order valence-corrected chi connectivity index (χ4v) is 4.89. The van der Waals surface area contributed by atoms with Crippen LogP contribution in [0.15, 0.2) is 24.3 Å². The van der Waals surface area contributed by atoms with Crippen molar-refractivity contribution in [3.63, 3.8) is 0 Å². The molecule has 0 saturated heterocycles. The zero-order valence-corrected chi connectivity index (χ0v) is 17.0. The number of carbonyl (C=O) groups is 1. The van der Waals surface area contributed by atoms with E-state index in [0.29, 0.717) is 22.3 Å². The van der Waals surface area contributed by atoms with E-state index < -0.39 is 11.6 Å².